The number of ether oxygens (including phenoxy) is 1. The van der Waals surface area contributed by atoms with Gasteiger partial charge in [-0.2, -0.15) is 0 Å². The molecule has 0 unspecified atom stereocenters. The monoisotopic (exact) mass is 319 g/mol. The fourth-order valence-corrected chi connectivity index (χ4v) is 2.69. The van der Waals surface area contributed by atoms with Gasteiger partial charge in [-0.05, 0) is 32.6 Å². The van der Waals surface area contributed by atoms with Gasteiger partial charge in [0, 0.05) is 13.6 Å². The number of nitrogens with one attached hydrogen (secondary N) is 1. The van der Waals surface area contributed by atoms with Crippen molar-refractivity contribution >= 4 is 11.8 Å². The molecule has 1 saturated heterocycles. The van der Waals surface area contributed by atoms with Crippen molar-refractivity contribution in [2.24, 2.45) is 0 Å². The molecule has 1 aliphatic rings. The summed E-state index contributed by atoms with van der Waals surface area (Å²) in [6.45, 7) is 1.44. The second-order valence-corrected chi connectivity index (χ2v) is 6.04. The first kappa shape index (κ1) is 17.4. The Morgan fingerprint density at radius 3 is 2.70 bits per heavy atom. The van der Waals surface area contributed by atoms with Gasteiger partial charge in [0.1, 0.15) is 6.61 Å². The quantitative estimate of drug-likeness (QED) is 0.782. The van der Waals surface area contributed by atoms with Gasteiger partial charge in [0.25, 0.3) is 5.91 Å². The molecule has 1 aliphatic heterocycles. The zero-order valence-corrected chi connectivity index (χ0v) is 14.0. The Hall–Kier alpha value is -1.92. The highest BCUT2D eigenvalue weighted by Gasteiger charge is 2.39. The molecule has 0 aromatic heterocycles. The summed E-state index contributed by atoms with van der Waals surface area (Å²) in [6, 6.07) is 9.13. The molecule has 2 rings (SSSR count). The molecule has 0 bridgehead atoms. The van der Waals surface area contributed by atoms with Crippen LogP contribution < -0.4 is 5.32 Å². The van der Waals surface area contributed by atoms with Crippen molar-refractivity contribution in [1.82, 2.24) is 15.1 Å². The van der Waals surface area contributed by atoms with E-state index in [1.165, 1.54) is 0 Å². The lowest BCUT2D eigenvalue weighted by molar-refractivity contribution is -0.162. The van der Waals surface area contributed by atoms with E-state index in [0.717, 1.165) is 18.5 Å². The van der Waals surface area contributed by atoms with Gasteiger partial charge in [-0.3, -0.25) is 9.59 Å². The summed E-state index contributed by atoms with van der Waals surface area (Å²) in [7, 11) is 5.71. The first-order chi connectivity index (χ1) is 11.0. The molecule has 0 saturated carbocycles. The molecule has 1 heterocycles. The van der Waals surface area contributed by atoms with Gasteiger partial charge < -0.3 is 19.9 Å². The normalized spacial score (nSPS) is 21.6. The van der Waals surface area contributed by atoms with Crippen LogP contribution in [-0.4, -0.2) is 68.6 Å². The second-order valence-electron chi connectivity index (χ2n) is 6.04. The number of hydrogen-bond acceptors (Lipinski definition) is 4. The lowest BCUT2D eigenvalue weighted by Gasteiger charge is -2.38. The van der Waals surface area contributed by atoms with E-state index >= 15 is 0 Å². The molecular formula is C17H25N3O3. The van der Waals surface area contributed by atoms with Crippen LogP contribution in [0.15, 0.2) is 30.3 Å². The van der Waals surface area contributed by atoms with E-state index in [9.17, 15) is 9.59 Å². The number of benzene rings is 1. The molecule has 1 aromatic rings. The Balaban J connectivity index is 2.05. The van der Waals surface area contributed by atoms with E-state index in [1.807, 2.05) is 44.4 Å². The molecule has 0 spiro atoms. The third kappa shape index (κ3) is 4.53. The van der Waals surface area contributed by atoms with Crippen LogP contribution >= 0.6 is 0 Å². The first-order valence-electron chi connectivity index (χ1n) is 7.85. The molecular weight excluding hydrogens is 294 g/mol. The van der Waals surface area contributed by atoms with Gasteiger partial charge in [-0.15, -0.1) is 0 Å². The Kier molecular flexibility index (Phi) is 6.12. The number of carbonyl (C=O) groups excluding carboxylic acids is 2. The summed E-state index contributed by atoms with van der Waals surface area (Å²) in [5.74, 6) is -0.285. The van der Waals surface area contributed by atoms with Crippen LogP contribution in [0.25, 0.3) is 0 Å². The summed E-state index contributed by atoms with van der Waals surface area (Å²) in [6.07, 6.45) is 0.190. The minimum Gasteiger partial charge on any atom is -0.356 e. The number of morpholine rings is 1. The Morgan fingerprint density at radius 1 is 1.35 bits per heavy atom. The Bertz CT molecular complexity index is 533. The van der Waals surface area contributed by atoms with Gasteiger partial charge in [0.05, 0.1) is 6.04 Å². The molecule has 0 radical (unpaired) electrons. The molecule has 2 atom stereocenters. The van der Waals surface area contributed by atoms with E-state index in [-0.39, 0.29) is 18.4 Å². The third-order valence-electron chi connectivity index (χ3n) is 3.96. The topological polar surface area (TPSA) is 61.9 Å². The molecule has 2 amide bonds. The van der Waals surface area contributed by atoms with Crippen molar-refractivity contribution in [3.05, 3.63) is 35.9 Å². The van der Waals surface area contributed by atoms with Crippen LogP contribution in [0.3, 0.4) is 0 Å². The third-order valence-corrected chi connectivity index (χ3v) is 3.96. The smallest absolute Gasteiger partial charge is 0.251 e. The van der Waals surface area contributed by atoms with Gasteiger partial charge in [0.15, 0.2) is 6.10 Å². The lowest BCUT2D eigenvalue weighted by atomic mass is 9.97. The minimum absolute atomic E-state index is 0.0599. The minimum atomic E-state index is -0.681. The summed E-state index contributed by atoms with van der Waals surface area (Å²) < 4.78 is 5.55. The number of nitrogens with zero attached hydrogens (tertiary/aromatic N) is 2. The van der Waals surface area contributed by atoms with Gasteiger partial charge in [-0.1, -0.05) is 30.3 Å². The molecule has 126 valence electrons. The molecule has 1 N–H and O–H groups in total. The highest BCUT2D eigenvalue weighted by atomic mass is 16.5. The predicted molar refractivity (Wildman–Crippen MR) is 87.9 cm³/mol. The van der Waals surface area contributed by atoms with Crippen molar-refractivity contribution < 1.29 is 14.3 Å². The van der Waals surface area contributed by atoms with Crippen LogP contribution in [0.4, 0.5) is 0 Å². The van der Waals surface area contributed by atoms with Crippen LogP contribution in [0.1, 0.15) is 18.0 Å². The van der Waals surface area contributed by atoms with Gasteiger partial charge >= 0.3 is 0 Å². The zero-order chi connectivity index (χ0) is 16.8. The van der Waals surface area contributed by atoms with Crippen LogP contribution in [0.5, 0.6) is 0 Å². The summed E-state index contributed by atoms with van der Waals surface area (Å²) >= 11 is 0. The standard InChI is InChI=1S/C17H25N3O3/c1-19(2)11-7-10-18-17(22)16-15(13-8-5-4-6-9-13)20(3)14(21)12-23-16/h4-6,8-9,15-16H,7,10-12H2,1-3H3,(H,18,22)/t15-,16-/m1/s1. The molecule has 6 heteroatoms. The van der Waals surface area contributed by atoms with E-state index in [0.29, 0.717) is 6.54 Å². The second kappa shape index (κ2) is 8.08. The number of rotatable bonds is 6. The number of likely N-dealkylation sites (N-methyl/N-ethyl adjacent to an activating group) is 1. The van der Waals surface area contributed by atoms with Crippen molar-refractivity contribution in [3.8, 4) is 0 Å². The summed E-state index contributed by atoms with van der Waals surface area (Å²) in [4.78, 5) is 28.1. The van der Waals surface area contributed by atoms with E-state index in [2.05, 4.69) is 10.2 Å². The fraction of sp³-hybridized carbons (Fsp3) is 0.529. The van der Waals surface area contributed by atoms with Crippen molar-refractivity contribution in [2.45, 2.75) is 18.6 Å². The molecule has 1 aromatic carbocycles. The maximum absolute atomic E-state index is 12.5. The number of amides is 2. The van der Waals surface area contributed by atoms with Crippen molar-refractivity contribution in [3.63, 3.8) is 0 Å². The highest BCUT2D eigenvalue weighted by Crippen LogP contribution is 2.28. The average Bonchev–Trinajstić information content (AvgIpc) is 2.54. The van der Waals surface area contributed by atoms with Gasteiger partial charge in [-0.25, -0.2) is 0 Å². The van der Waals surface area contributed by atoms with Crippen LogP contribution in [0.2, 0.25) is 0 Å². The molecule has 1 fully saturated rings. The first-order valence-corrected chi connectivity index (χ1v) is 7.85. The Labute approximate surface area is 137 Å². The average molecular weight is 319 g/mol. The Morgan fingerprint density at radius 2 is 2.04 bits per heavy atom. The maximum Gasteiger partial charge on any atom is 0.251 e. The highest BCUT2D eigenvalue weighted by molar-refractivity contribution is 5.86. The number of hydrogen-bond donors (Lipinski definition) is 1. The zero-order valence-electron chi connectivity index (χ0n) is 14.0. The molecule has 23 heavy (non-hydrogen) atoms. The van der Waals surface area contributed by atoms with Crippen LogP contribution in [0, 0.1) is 0 Å². The fourth-order valence-electron chi connectivity index (χ4n) is 2.69. The van der Waals surface area contributed by atoms with E-state index in [4.69, 9.17) is 4.74 Å². The molecule has 0 aliphatic carbocycles. The van der Waals surface area contributed by atoms with Crippen molar-refractivity contribution in [1.29, 1.82) is 0 Å². The summed E-state index contributed by atoms with van der Waals surface area (Å²) in [5, 5.41) is 2.91. The van der Waals surface area contributed by atoms with Gasteiger partial charge in [0.2, 0.25) is 5.91 Å². The van der Waals surface area contributed by atoms with Crippen LogP contribution in [-0.2, 0) is 14.3 Å². The van der Waals surface area contributed by atoms with Crippen molar-refractivity contribution in [2.75, 3.05) is 40.8 Å². The SMILES string of the molecule is CN(C)CCCNC(=O)[C@@H]1OCC(=O)N(C)[C@@H]1c1ccccc1. The predicted octanol–water partition coefficient (Wildman–Crippen LogP) is 0.653. The maximum atomic E-state index is 12.5. The largest absolute Gasteiger partial charge is 0.356 e. The number of carbonyl (C=O) groups is 2. The summed E-state index contributed by atoms with van der Waals surface area (Å²) in [5.41, 5.74) is 0.900. The molecule has 6 nitrogen and oxygen atoms in total. The lowest BCUT2D eigenvalue weighted by Crippen LogP contribution is -2.53. The van der Waals surface area contributed by atoms with E-state index < -0.39 is 12.1 Å². The van der Waals surface area contributed by atoms with E-state index in [1.54, 1.807) is 11.9 Å².